The largest absolute Gasteiger partial charge is 0.494 e. The Hall–Kier alpha value is -1.91. The second kappa shape index (κ2) is 6.24. The van der Waals surface area contributed by atoms with E-state index in [0.717, 1.165) is 5.69 Å². The van der Waals surface area contributed by atoms with Crippen molar-refractivity contribution in [3.8, 4) is 5.75 Å². The van der Waals surface area contributed by atoms with Crippen LogP contribution in [0.2, 0.25) is 0 Å². The van der Waals surface area contributed by atoms with E-state index in [2.05, 4.69) is 10.6 Å². The number of hydrogen-bond donors (Lipinski definition) is 2. The number of carbonyl (C=O) groups excluding carboxylic acids is 1. The molecule has 1 aliphatic rings. The molecule has 0 heterocycles. The Morgan fingerprint density at radius 3 is 2.52 bits per heavy atom. The Morgan fingerprint density at radius 2 is 2.00 bits per heavy atom. The molecule has 1 saturated carbocycles. The smallest absolute Gasteiger partial charge is 0.412 e. The summed E-state index contributed by atoms with van der Waals surface area (Å²) in [6.07, 6.45) is 3.22. The summed E-state index contributed by atoms with van der Waals surface area (Å²) in [7, 11) is 1.59. The lowest BCUT2D eigenvalue weighted by molar-refractivity contribution is 0.0635. The SMILES string of the molecule is COc1cc(NC2CCC2)ccc1NC(=O)OC(C)(C)C. The molecule has 1 aliphatic carbocycles. The molecule has 1 fully saturated rings. The van der Waals surface area contributed by atoms with E-state index in [1.165, 1.54) is 19.3 Å². The molecule has 0 aliphatic heterocycles. The maximum atomic E-state index is 11.8. The molecule has 2 N–H and O–H groups in total. The highest BCUT2D eigenvalue weighted by atomic mass is 16.6. The average molecular weight is 292 g/mol. The van der Waals surface area contributed by atoms with Crippen LogP contribution in [0.1, 0.15) is 40.0 Å². The summed E-state index contributed by atoms with van der Waals surface area (Å²) in [5.74, 6) is 0.616. The fraction of sp³-hybridized carbons (Fsp3) is 0.562. The Labute approximate surface area is 126 Å². The van der Waals surface area contributed by atoms with Gasteiger partial charge < -0.3 is 14.8 Å². The van der Waals surface area contributed by atoms with Crippen molar-refractivity contribution in [3.05, 3.63) is 18.2 Å². The van der Waals surface area contributed by atoms with E-state index < -0.39 is 11.7 Å². The van der Waals surface area contributed by atoms with Crippen molar-refractivity contribution in [2.45, 2.75) is 51.7 Å². The number of anilines is 2. The van der Waals surface area contributed by atoms with Crippen LogP contribution in [0.4, 0.5) is 16.2 Å². The number of rotatable bonds is 4. The standard InChI is InChI=1S/C16H24N2O3/c1-16(2,3)21-15(19)18-13-9-8-12(10-14(13)20-4)17-11-6-5-7-11/h8-11,17H,5-7H2,1-4H3,(H,18,19). The first-order valence-electron chi connectivity index (χ1n) is 7.32. The van der Waals surface area contributed by atoms with Crippen molar-refractivity contribution in [3.63, 3.8) is 0 Å². The lowest BCUT2D eigenvalue weighted by atomic mass is 9.93. The third-order valence-corrected chi connectivity index (χ3v) is 3.31. The zero-order chi connectivity index (χ0) is 15.5. The van der Waals surface area contributed by atoms with Gasteiger partial charge in [-0.05, 0) is 52.2 Å². The molecule has 0 atom stereocenters. The van der Waals surface area contributed by atoms with Crippen LogP contribution in [0.3, 0.4) is 0 Å². The number of nitrogens with one attached hydrogen (secondary N) is 2. The van der Waals surface area contributed by atoms with E-state index in [-0.39, 0.29) is 0 Å². The molecule has 0 radical (unpaired) electrons. The third kappa shape index (κ3) is 4.55. The van der Waals surface area contributed by atoms with Gasteiger partial charge in [-0.3, -0.25) is 5.32 Å². The molecule has 0 aromatic heterocycles. The summed E-state index contributed by atoms with van der Waals surface area (Å²) in [5, 5.41) is 6.16. The van der Waals surface area contributed by atoms with E-state index in [1.54, 1.807) is 7.11 Å². The van der Waals surface area contributed by atoms with Crippen molar-refractivity contribution in [1.82, 2.24) is 0 Å². The predicted molar refractivity (Wildman–Crippen MR) is 84.1 cm³/mol. The highest BCUT2D eigenvalue weighted by Gasteiger charge is 2.19. The maximum Gasteiger partial charge on any atom is 0.412 e. The van der Waals surface area contributed by atoms with Crippen LogP contribution in [0, 0.1) is 0 Å². The minimum absolute atomic E-state index is 0.486. The summed E-state index contributed by atoms with van der Waals surface area (Å²) in [6, 6.07) is 6.21. The number of ether oxygens (including phenoxy) is 2. The Balaban J connectivity index is 2.03. The van der Waals surface area contributed by atoms with Gasteiger partial charge in [-0.25, -0.2) is 4.79 Å². The van der Waals surface area contributed by atoms with Crippen molar-refractivity contribution in [1.29, 1.82) is 0 Å². The molecule has 116 valence electrons. The van der Waals surface area contributed by atoms with Crippen molar-refractivity contribution in [2.75, 3.05) is 17.7 Å². The molecule has 1 amide bonds. The first-order valence-corrected chi connectivity index (χ1v) is 7.32. The molecular weight excluding hydrogens is 268 g/mol. The number of carbonyl (C=O) groups is 1. The molecule has 0 saturated heterocycles. The van der Waals surface area contributed by atoms with Crippen molar-refractivity contribution in [2.24, 2.45) is 0 Å². The fourth-order valence-electron chi connectivity index (χ4n) is 2.09. The average Bonchev–Trinajstić information content (AvgIpc) is 2.33. The normalized spacial score (nSPS) is 15.0. The van der Waals surface area contributed by atoms with Gasteiger partial charge in [0.05, 0.1) is 12.8 Å². The maximum absolute atomic E-state index is 11.8. The lowest BCUT2D eigenvalue weighted by Crippen LogP contribution is -2.28. The minimum Gasteiger partial charge on any atom is -0.494 e. The quantitative estimate of drug-likeness (QED) is 0.880. The van der Waals surface area contributed by atoms with Gasteiger partial charge in [-0.1, -0.05) is 0 Å². The van der Waals surface area contributed by atoms with Crippen molar-refractivity contribution < 1.29 is 14.3 Å². The molecule has 0 unspecified atom stereocenters. The van der Waals surface area contributed by atoms with Gasteiger partial charge in [0.15, 0.2) is 0 Å². The predicted octanol–water partition coefficient (Wildman–Crippen LogP) is 4.01. The van der Waals surface area contributed by atoms with Crippen LogP contribution in [0.15, 0.2) is 18.2 Å². The van der Waals surface area contributed by atoms with Gasteiger partial charge in [0.25, 0.3) is 0 Å². The summed E-state index contributed by atoms with van der Waals surface area (Å²) >= 11 is 0. The molecule has 1 aromatic rings. The number of hydrogen-bond acceptors (Lipinski definition) is 4. The van der Waals surface area contributed by atoms with Crippen molar-refractivity contribution >= 4 is 17.5 Å². The second-order valence-electron chi connectivity index (χ2n) is 6.31. The highest BCUT2D eigenvalue weighted by molar-refractivity contribution is 5.87. The Bertz CT molecular complexity index is 505. The van der Waals surface area contributed by atoms with Gasteiger partial charge in [0, 0.05) is 17.8 Å². The van der Waals surface area contributed by atoms with Gasteiger partial charge >= 0.3 is 6.09 Å². The van der Waals surface area contributed by atoms with E-state index >= 15 is 0 Å². The topological polar surface area (TPSA) is 59.6 Å². The van der Waals surface area contributed by atoms with Crippen LogP contribution < -0.4 is 15.4 Å². The van der Waals surface area contributed by atoms with Gasteiger partial charge in [-0.15, -0.1) is 0 Å². The molecule has 5 nitrogen and oxygen atoms in total. The number of methoxy groups -OCH3 is 1. The van der Waals surface area contributed by atoms with Gasteiger partial charge in [-0.2, -0.15) is 0 Å². The zero-order valence-corrected chi connectivity index (χ0v) is 13.2. The summed E-state index contributed by atoms with van der Waals surface area (Å²) in [5.41, 5.74) is 1.08. The monoisotopic (exact) mass is 292 g/mol. The Kier molecular flexibility index (Phi) is 4.60. The van der Waals surface area contributed by atoms with Crippen LogP contribution in [0.5, 0.6) is 5.75 Å². The summed E-state index contributed by atoms with van der Waals surface area (Å²) in [4.78, 5) is 11.8. The molecular formula is C16H24N2O3. The molecule has 1 aromatic carbocycles. The van der Waals surface area contributed by atoms with E-state index in [1.807, 2.05) is 39.0 Å². The fourth-order valence-corrected chi connectivity index (χ4v) is 2.09. The van der Waals surface area contributed by atoms with Gasteiger partial charge in [0.1, 0.15) is 11.4 Å². The van der Waals surface area contributed by atoms with Gasteiger partial charge in [0.2, 0.25) is 0 Å². The highest BCUT2D eigenvalue weighted by Crippen LogP contribution is 2.31. The molecule has 0 spiro atoms. The molecule has 5 heteroatoms. The minimum atomic E-state index is -0.525. The Morgan fingerprint density at radius 1 is 1.29 bits per heavy atom. The van der Waals surface area contributed by atoms with E-state index in [4.69, 9.17) is 9.47 Å². The molecule has 0 bridgehead atoms. The van der Waals surface area contributed by atoms with E-state index in [9.17, 15) is 4.79 Å². The van der Waals surface area contributed by atoms with Crippen LogP contribution in [0.25, 0.3) is 0 Å². The summed E-state index contributed by atoms with van der Waals surface area (Å²) in [6.45, 7) is 5.49. The first kappa shape index (κ1) is 15.5. The third-order valence-electron chi connectivity index (χ3n) is 3.31. The summed E-state index contributed by atoms with van der Waals surface area (Å²) < 4.78 is 10.6. The molecule has 2 rings (SSSR count). The van der Waals surface area contributed by atoms with E-state index in [0.29, 0.717) is 17.5 Å². The van der Waals surface area contributed by atoms with Crippen LogP contribution in [-0.4, -0.2) is 24.8 Å². The molecule has 21 heavy (non-hydrogen) atoms. The van der Waals surface area contributed by atoms with Crippen LogP contribution >= 0.6 is 0 Å². The first-order chi connectivity index (χ1) is 9.87. The number of benzene rings is 1. The second-order valence-corrected chi connectivity index (χ2v) is 6.31. The zero-order valence-electron chi connectivity index (χ0n) is 13.2. The lowest BCUT2D eigenvalue weighted by Gasteiger charge is -2.28. The van der Waals surface area contributed by atoms with Crippen LogP contribution in [-0.2, 0) is 4.74 Å². The number of amides is 1.